The highest BCUT2D eigenvalue weighted by Gasteiger charge is 2.04. The van der Waals surface area contributed by atoms with Crippen LogP contribution in [0.4, 0.5) is 0 Å². The Hall–Kier alpha value is -0.160. The number of nitrogens with one attached hydrogen (secondary N) is 1. The molecule has 0 aromatic rings. The van der Waals surface area contributed by atoms with Gasteiger partial charge in [-0.2, -0.15) is 0 Å². The molecule has 0 aliphatic carbocycles. The molecule has 0 heterocycles. The predicted molar refractivity (Wildman–Crippen MR) is 61.3 cm³/mol. The Kier molecular flexibility index (Phi) is 11.8. The second-order valence-electron chi connectivity index (χ2n) is 3.48. The fraction of sp³-hybridized carbons (Fsp3) is 1.00. The topological polar surface area (TPSA) is 39.7 Å². The molecule has 4 heteroatoms. The van der Waals surface area contributed by atoms with E-state index in [1.54, 1.807) is 14.2 Å². The van der Waals surface area contributed by atoms with E-state index in [9.17, 15) is 0 Å². The lowest BCUT2D eigenvalue weighted by Gasteiger charge is -2.14. The smallest absolute Gasteiger partial charge is 0.0928 e. The number of methoxy groups -OCH3 is 2. The van der Waals surface area contributed by atoms with Crippen LogP contribution in [-0.2, 0) is 14.2 Å². The average molecular weight is 219 g/mol. The fourth-order valence-corrected chi connectivity index (χ4v) is 1.15. The van der Waals surface area contributed by atoms with E-state index in [-0.39, 0.29) is 6.10 Å². The summed E-state index contributed by atoms with van der Waals surface area (Å²) < 4.78 is 15.6. The van der Waals surface area contributed by atoms with Gasteiger partial charge in [-0.1, -0.05) is 13.3 Å². The van der Waals surface area contributed by atoms with Gasteiger partial charge in [0, 0.05) is 33.9 Å². The third kappa shape index (κ3) is 10.1. The van der Waals surface area contributed by atoms with Crippen molar-refractivity contribution in [1.82, 2.24) is 5.32 Å². The molecule has 0 aliphatic heterocycles. The zero-order valence-corrected chi connectivity index (χ0v) is 10.3. The zero-order valence-electron chi connectivity index (χ0n) is 10.3. The molecule has 0 bridgehead atoms. The van der Waals surface area contributed by atoms with Crippen molar-refractivity contribution in [2.24, 2.45) is 0 Å². The first-order valence-electron chi connectivity index (χ1n) is 5.65. The van der Waals surface area contributed by atoms with Gasteiger partial charge in [0.05, 0.1) is 19.3 Å². The molecule has 1 atom stereocenters. The summed E-state index contributed by atoms with van der Waals surface area (Å²) in [4.78, 5) is 0. The summed E-state index contributed by atoms with van der Waals surface area (Å²) >= 11 is 0. The Morgan fingerprint density at radius 2 is 2.00 bits per heavy atom. The van der Waals surface area contributed by atoms with Gasteiger partial charge < -0.3 is 19.5 Å². The Morgan fingerprint density at radius 1 is 1.20 bits per heavy atom. The average Bonchev–Trinajstić information content (AvgIpc) is 2.26. The molecule has 1 unspecified atom stereocenters. The molecule has 15 heavy (non-hydrogen) atoms. The van der Waals surface area contributed by atoms with Crippen molar-refractivity contribution in [2.75, 3.05) is 47.1 Å². The highest BCUT2D eigenvalue weighted by molar-refractivity contribution is 4.59. The minimum absolute atomic E-state index is 0.130. The van der Waals surface area contributed by atoms with E-state index in [2.05, 4.69) is 12.2 Å². The maximum atomic E-state index is 5.41. The van der Waals surface area contributed by atoms with Crippen LogP contribution in [0.1, 0.15) is 19.8 Å². The molecule has 92 valence electrons. The molecule has 0 aromatic heterocycles. The maximum Gasteiger partial charge on any atom is 0.0928 e. The quantitative estimate of drug-likeness (QED) is 0.527. The highest BCUT2D eigenvalue weighted by Crippen LogP contribution is 1.89. The van der Waals surface area contributed by atoms with Gasteiger partial charge in [0.1, 0.15) is 0 Å². The maximum absolute atomic E-state index is 5.41. The Balaban J connectivity index is 3.14. The first kappa shape index (κ1) is 14.8. The van der Waals surface area contributed by atoms with Crippen LogP contribution in [0.3, 0.4) is 0 Å². The van der Waals surface area contributed by atoms with Crippen LogP contribution in [0.5, 0.6) is 0 Å². The highest BCUT2D eigenvalue weighted by atomic mass is 16.5. The van der Waals surface area contributed by atoms with Crippen LogP contribution in [-0.4, -0.2) is 53.2 Å². The third-order valence-corrected chi connectivity index (χ3v) is 2.12. The lowest BCUT2D eigenvalue weighted by molar-refractivity contribution is 0.0275. The largest absolute Gasteiger partial charge is 0.382 e. The lowest BCUT2D eigenvalue weighted by Crippen LogP contribution is -2.33. The van der Waals surface area contributed by atoms with Crippen molar-refractivity contribution in [2.45, 2.75) is 25.9 Å². The number of rotatable bonds is 11. The van der Waals surface area contributed by atoms with E-state index in [4.69, 9.17) is 14.2 Å². The molecule has 0 fully saturated rings. The van der Waals surface area contributed by atoms with Gasteiger partial charge in [0.25, 0.3) is 0 Å². The first-order valence-corrected chi connectivity index (χ1v) is 5.65. The van der Waals surface area contributed by atoms with Crippen LogP contribution in [0.15, 0.2) is 0 Å². The van der Waals surface area contributed by atoms with Crippen molar-refractivity contribution in [3.05, 3.63) is 0 Å². The summed E-state index contributed by atoms with van der Waals surface area (Å²) in [6.07, 6.45) is 2.46. The molecule has 4 nitrogen and oxygen atoms in total. The normalized spacial score (nSPS) is 13.0. The minimum atomic E-state index is 0.130. The Bertz CT molecular complexity index is 122. The fourth-order valence-electron chi connectivity index (χ4n) is 1.15. The Labute approximate surface area is 93.3 Å². The first-order chi connectivity index (χ1) is 7.35. The van der Waals surface area contributed by atoms with Gasteiger partial charge in [-0.15, -0.1) is 0 Å². The lowest BCUT2D eigenvalue weighted by atomic mass is 10.3. The van der Waals surface area contributed by atoms with Crippen molar-refractivity contribution in [1.29, 1.82) is 0 Å². The number of hydrogen-bond acceptors (Lipinski definition) is 4. The van der Waals surface area contributed by atoms with Crippen LogP contribution in [0, 0.1) is 0 Å². The molecule has 0 aromatic carbocycles. The van der Waals surface area contributed by atoms with E-state index >= 15 is 0 Å². The molecule has 0 aliphatic rings. The molecule has 0 rings (SSSR count). The number of hydrogen-bond donors (Lipinski definition) is 1. The molecule has 0 saturated carbocycles. The molecule has 0 amide bonds. The van der Waals surface area contributed by atoms with Crippen molar-refractivity contribution < 1.29 is 14.2 Å². The molecule has 0 saturated heterocycles. The molecular weight excluding hydrogens is 194 g/mol. The van der Waals surface area contributed by atoms with Gasteiger partial charge in [-0.25, -0.2) is 0 Å². The minimum Gasteiger partial charge on any atom is -0.382 e. The van der Waals surface area contributed by atoms with Crippen molar-refractivity contribution >= 4 is 0 Å². The van der Waals surface area contributed by atoms with Crippen LogP contribution >= 0.6 is 0 Å². The monoisotopic (exact) mass is 219 g/mol. The van der Waals surface area contributed by atoms with Gasteiger partial charge in [0.2, 0.25) is 0 Å². The van der Waals surface area contributed by atoms with Crippen LogP contribution < -0.4 is 5.32 Å². The second kappa shape index (κ2) is 11.9. The zero-order chi connectivity index (χ0) is 11.4. The molecular formula is C11H25NO3. The van der Waals surface area contributed by atoms with Gasteiger partial charge in [-0.05, 0) is 6.42 Å². The number of unbranched alkanes of at least 4 members (excludes halogenated alkanes) is 1. The molecule has 0 radical (unpaired) electrons. The van der Waals surface area contributed by atoms with Gasteiger partial charge in [0.15, 0.2) is 0 Å². The van der Waals surface area contributed by atoms with Crippen molar-refractivity contribution in [3.8, 4) is 0 Å². The van der Waals surface area contributed by atoms with Crippen molar-refractivity contribution in [3.63, 3.8) is 0 Å². The van der Waals surface area contributed by atoms with Crippen LogP contribution in [0.2, 0.25) is 0 Å². The summed E-state index contributed by atoms with van der Waals surface area (Å²) in [6.45, 7) is 6.10. The predicted octanol–water partition coefficient (Wildman–Crippen LogP) is 1.05. The van der Waals surface area contributed by atoms with E-state index in [1.807, 2.05) is 0 Å². The van der Waals surface area contributed by atoms with Gasteiger partial charge >= 0.3 is 0 Å². The summed E-state index contributed by atoms with van der Waals surface area (Å²) in [6, 6.07) is 0. The number of ether oxygens (including phenoxy) is 3. The molecule has 0 spiro atoms. The van der Waals surface area contributed by atoms with E-state index in [0.29, 0.717) is 6.61 Å². The van der Waals surface area contributed by atoms with Crippen LogP contribution in [0.25, 0.3) is 0 Å². The Morgan fingerprint density at radius 3 is 2.60 bits per heavy atom. The third-order valence-electron chi connectivity index (χ3n) is 2.12. The summed E-state index contributed by atoms with van der Waals surface area (Å²) in [7, 11) is 3.38. The van der Waals surface area contributed by atoms with E-state index in [0.717, 1.165) is 32.7 Å². The van der Waals surface area contributed by atoms with E-state index < -0.39 is 0 Å². The second-order valence-corrected chi connectivity index (χ2v) is 3.48. The standard InChI is InChI=1S/C11H25NO3/c1-4-5-7-15-8-6-12-9-11(14-3)10-13-2/h11-12H,4-10H2,1-3H3. The SMILES string of the molecule is CCCCOCCNCC(COC)OC. The van der Waals surface area contributed by atoms with Gasteiger partial charge in [-0.3, -0.25) is 0 Å². The van der Waals surface area contributed by atoms with E-state index in [1.165, 1.54) is 6.42 Å². The summed E-state index contributed by atoms with van der Waals surface area (Å²) in [5.41, 5.74) is 0. The summed E-state index contributed by atoms with van der Waals surface area (Å²) in [5, 5.41) is 3.27. The molecule has 1 N–H and O–H groups in total. The summed E-state index contributed by atoms with van der Waals surface area (Å²) in [5.74, 6) is 0.